The molecule has 2 aliphatic rings. The third-order valence-corrected chi connectivity index (χ3v) is 6.33. The highest BCUT2D eigenvalue weighted by atomic mass is 16.6. The van der Waals surface area contributed by atoms with Gasteiger partial charge in [0.05, 0.1) is 5.71 Å². The molecule has 2 aromatic rings. The first-order valence-corrected chi connectivity index (χ1v) is 9.95. The molecule has 3 N–H and O–H groups in total. The van der Waals surface area contributed by atoms with Crippen LogP contribution in [0, 0.1) is 5.92 Å². The number of nitrogen functional groups attached to an aromatic ring is 1. The van der Waals surface area contributed by atoms with E-state index in [1.165, 1.54) is 22.4 Å². The average Bonchev–Trinajstić information content (AvgIpc) is 2.68. The summed E-state index contributed by atoms with van der Waals surface area (Å²) in [4.78, 5) is 5.34. The van der Waals surface area contributed by atoms with Crippen LogP contribution in [0.15, 0.2) is 47.6 Å². The lowest BCUT2D eigenvalue weighted by molar-refractivity contribution is 0.149. The molecule has 142 valence electrons. The van der Waals surface area contributed by atoms with Crippen molar-refractivity contribution >= 4 is 11.4 Å². The smallest absolute Gasteiger partial charge is 0.115 e. The molecule has 0 aromatic heterocycles. The quantitative estimate of drug-likeness (QED) is 0.616. The normalized spacial score (nSPS) is 25.7. The van der Waals surface area contributed by atoms with Crippen LogP contribution in [-0.2, 0) is 23.1 Å². The second kappa shape index (κ2) is 7.26. The Morgan fingerprint density at radius 3 is 2.78 bits per heavy atom. The van der Waals surface area contributed by atoms with Crippen LogP contribution >= 0.6 is 0 Å². The number of fused-ring (bicyclic) bond motifs is 3. The Morgan fingerprint density at radius 1 is 1.19 bits per heavy atom. The number of rotatable bonds is 4. The maximum Gasteiger partial charge on any atom is 0.115 e. The van der Waals surface area contributed by atoms with Gasteiger partial charge in [-0.3, -0.25) is 0 Å². The number of hydrogen-bond donors (Lipinski definition) is 2. The minimum atomic E-state index is 0.0859. The van der Waals surface area contributed by atoms with E-state index in [0.717, 1.165) is 44.2 Å². The summed E-state index contributed by atoms with van der Waals surface area (Å²) in [6, 6.07) is 14.2. The highest BCUT2D eigenvalue weighted by Gasteiger charge is 2.47. The molecule has 0 spiro atoms. The van der Waals surface area contributed by atoms with Crippen molar-refractivity contribution in [3.8, 4) is 5.75 Å². The van der Waals surface area contributed by atoms with Gasteiger partial charge in [-0.05, 0) is 92.3 Å². The first-order valence-electron chi connectivity index (χ1n) is 9.95. The highest BCUT2D eigenvalue weighted by molar-refractivity contribution is 5.85. The molecule has 27 heavy (non-hydrogen) atoms. The molecule has 4 heteroatoms. The van der Waals surface area contributed by atoms with E-state index in [-0.39, 0.29) is 5.41 Å². The SMILES string of the molecule is CCON=C1CCC2(Cc3ccc(N)cc3)c3ccc(O)cc3CCC2C1. The van der Waals surface area contributed by atoms with Gasteiger partial charge in [0.15, 0.2) is 0 Å². The standard InChI is InChI=1S/C23H28N2O2/c1-2-27-25-20-11-12-23(15-16-3-7-19(24)8-4-16)18(14-20)6-5-17-13-21(26)9-10-22(17)23/h3-4,7-10,13,18,26H,2,5-6,11-12,14-15,24H2,1H3. The van der Waals surface area contributed by atoms with E-state index in [1.54, 1.807) is 0 Å². The third-order valence-electron chi connectivity index (χ3n) is 6.33. The minimum absolute atomic E-state index is 0.0859. The van der Waals surface area contributed by atoms with Crippen LogP contribution in [0.3, 0.4) is 0 Å². The second-order valence-corrected chi connectivity index (χ2v) is 7.93. The molecule has 4 nitrogen and oxygen atoms in total. The molecule has 2 aromatic carbocycles. The fourth-order valence-corrected chi connectivity index (χ4v) is 5.06. The van der Waals surface area contributed by atoms with Crippen molar-refractivity contribution in [1.82, 2.24) is 0 Å². The molecule has 0 radical (unpaired) electrons. The van der Waals surface area contributed by atoms with Gasteiger partial charge in [-0.2, -0.15) is 0 Å². The van der Waals surface area contributed by atoms with Crippen LogP contribution in [0.2, 0.25) is 0 Å². The topological polar surface area (TPSA) is 67.8 Å². The van der Waals surface area contributed by atoms with Gasteiger partial charge in [-0.1, -0.05) is 23.4 Å². The van der Waals surface area contributed by atoms with Gasteiger partial charge in [0.2, 0.25) is 0 Å². The number of benzene rings is 2. The predicted molar refractivity (Wildman–Crippen MR) is 109 cm³/mol. The summed E-state index contributed by atoms with van der Waals surface area (Å²) in [6.45, 7) is 2.59. The third kappa shape index (κ3) is 3.41. The maximum atomic E-state index is 9.98. The summed E-state index contributed by atoms with van der Waals surface area (Å²) >= 11 is 0. The number of oxime groups is 1. The van der Waals surface area contributed by atoms with Crippen LogP contribution in [0.5, 0.6) is 5.75 Å². The number of phenols is 1. The first-order chi connectivity index (χ1) is 13.1. The Labute approximate surface area is 161 Å². The molecule has 1 fully saturated rings. The fourth-order valence-electron chi connectivity index (χ4n) is 5.06. The number of nitrogens with two attached hydrogens (primary N) is 1. The first kappa shape index (κ1) is 17.9. The average molecular weight is 364 g/mol. The lowest BCUT2D eigenvalue weighted by Gasteiger charge is -2.49. The van der Waals surface area contributed by atoms with Crippen molar-refractivity contribution in [2.24, 2.45) is 11.1 Å². The van der Waals surface area contributed by atoms with Gasteiger partial charge in [0.1, 0.15) is 12.4 Å². The zero-order valence-corrected chi connectivity index (χ0v) is 15.9. The van der Waals surface area contributed by atoms with Crippen molar-refractivity contribution in [1.29, 1.82) is 0 Å². The van der Waals surface area contributed by atoms with Gasteiger partial charge in [-0.15, -0.1) is 0 Å². The summed E-state index contributed by atoms with van der Waals surface area (Å²) in [5, 5.41) is 14.4. The summed E-state index contributed by atoms with van der Waals surface area (Å²) in [6.07, 6.45) is 6.15. The monoisotopic (exact) mass is 364 g/mol. The van der Waals surface area contributed by atoms with Gasteiger partial charge in [0, 0.05) is 11.1 Å². The number of aromatic hydroxyl groups is 1. The largest absolute Gasteiger partial charge is 0.508 e. The van der Waals surface area contributed by atoms with Crippen molar-refractivity contribution in [2.45, 2.75) is 50.9 Å². The number of nitrogens with zero attached hydrogens (tertiary/aromatic N) is 1. The van der Waals surface area contributed by atoms with E-state index in [1.807, 2.05) is 31.2 Å². The van der Waals surface area contributed by atoms with Crippen LogP contribution in [0.4, 0.5) is 5.69 Å². The van der Waals surface area contributed by atoms with E-state index in [0.29, 0.717) is 18.3 Å². The number of hydrogen-bond acceptors (Lipinski definition) is 4. The van der Waals surface area contributed by atoms with Gasteiger partial charge >= 0.3 is 0 Å². The minimum Gasteiger partial charge on any atom is -0.508 e. The molecule has 4 rings (SSSR count). The highest BCUT2D eigenvalue weighted by Crippen LogP contribution is 2.51. The van der Waals surface area contributed by atoms with Crippen molar-refractivity contribution < 1.29 is 9.94 Å². The molecule has 2 aliphatic carbocycles. The molecule has 0 saturated heterocycles. The zero-order valence-electron chi connectivity index (χ0n) is 15.9. The van der Waals surface area contributed by atoms with Crippen LogP contribution < -0.4 is 5.73 Å². The van der Waals surface area contributed by atoms with Crippen LogP contribution in [0.1, 0.15) is 49.3 Å². The van der Waals surface area contributed by atoms with E-state index in [9.17, 15) is 5.11 Å². The van der Waals surface area contributed by atoms with Crippen molar-refractivity contribution in [3.05, 3.63) is 59.2 Å². The summed E-state index contributed by atoms with van der Waals surface area (Å²) in [7, 11) is 0. The summed E-state index contributed by atoms with van der Waals surface area (Å²) < 4.78 is 0. The molecule has 2 atom stereocenters. The lowest BCUT2D eigenvalue weighted by Crippen LogP contribution is -2.46. The Hall–Kier alpha value is -2.49. The van der Waals surface area contributed by atoms with Crippen molar-refractivity contribution in [3.63, 3.8) is 0 Å². The molecule has 0 bridgehead atoms. The van der Waals surface area contributed by atoms with Gasteiger partial charge in [0.25, 0.3) is 0 Å². The molecule has 1 saturated carbocycles. The number of phenolic OH excluding ortho intramolecular Hbond substituents is 1. The molecule has 0 heterocycles. The summed E-state index contributed by atoms with van der Waals surface area (Å²) in [5.74, 6) is 0.907. The fraction of sp³-hybridized carbons (Fsp3) is 0.435. The summed E-state index contributed by atoms with van der Waals surface area (Å²) in [5.41, 5.74) is 12.0. The number of anilines is 1. The molecule has 0 amide bonds. The molecular formula is C23H28N2O2. The van der Waals surface area contributed by atoms with Crippen LogP contribution in [-0.4, -0.2) is 17.4 Å². The van der Waals surface area contributed by atoms with E-state index in [2.05, 4.69) is 23.4 Å². The Bertz CT molecular complexity index is 844. The molecule has 2 unspecified atom stereocenters. The van der Waals surface area contributed by atoms with Gasteiger partial charge < -0.3 is 15.7 Å². The predicted octanol–water partition coefficient (Wildman–Crippen LogP) is 4.59. The Kier molecular flexibility index (Phi) is 4.81. The zero-order chi connectivity index (χ0) is 18.9. The maximum absolute atomic E-state index is 9.98. The van der Waals surface area contributed by atoms with Crippen molar-refractivity contribution in [2.75, 3.05) is 12.3 Å². The molecule has 0 aliphatic heterocycles. The van der Waals surface area contributed by atoms with Gasteiger partial charge in [-0.25, -0.2) is 0 Å². The lowest BCUT2D eigenvalue weighted by atomic mass is 9.55. The molecular weight excluding hydrogens is 336 g/mol. The van der Waals surface area contributed by atoms with Crippen LogP contribution in [0.25, 0.3) is 0 Å². The second-order valence-electron chi connectivity index (χ2n) is 7.93. The Balaban J connectivity index is 1.73. The van der Waals surface area contributed by atoms with E-state index < -0.39 is 0 Å². The van der Waals surface area contributed by atoms with E-state index >= 15 is 0 Å². The Morgan fingerprint density at radius 2 is 2.00 bits per heavy atom. The number of aryl methyl sites for hydroxylation is 1. The van der Waals surface area contributed by atoms with E-state index in [4.69, 9.17) is 10.6 Å².